The van der Waals surface area contributed by atoms with E-state index in [1.165, 1.54) is 6.07 Å². The van der Waals surface area contributed by atoms with Crippen LogP contribution in [0.15, 0.2) is 18.2 Å². The zero-order valence-electron chi connectivity index (χ0n) is 13.2. The topological polar surface area (TPSA) is 70.0 Å². The summed E-state index contributed by atoms with van der Waals surface area (Å²) in [6.45, 7) is 3.23. The molecule has 0 aromatic heterocycles. The van der Waals surface area contributed by atoms with Crippen molar-refractivity contribution in [1.82, 2.24) is 4.90 Å². The molecule has 0 aliphatic carbocycles. The Morgan fingerprint density at radius 3 is 2.65 bits per heavy atom. The van der Waals surface area contributed by atoms with Crippen LogP contribution in [0.5, 0.6) is 5.75 Å². The summed E-state index contributed by atoms with van der Waals surface area (Å²) >= 11 is 0. The largest absolute Gasteiger partial charge is 0.508 e. The van der Waals surface area contributed by atoms with E-state index in [9.17, 15) is 19.4 Å². The van der Waals surface area contributed by atoms with E-state index in [1.807, 2.05) is 6.92 Å². The zero-order chi connectivity index (χ0) is 16.7. The quantitative estimate of drug-likeness (QED) is 0.830. The maximum Gasteiger partial charge on any atom is 0.256 e. The van der Waals surface area contributed by atoms with Gasteiger partial charge in [-0.15, -0.1) is 0 Å². The summed E-state index contributed by atoms with van der Waals surface area (Å²) in [5, 5.41) is 19.7. The molecule has 23 heavy (non-hydrogen) atoms. The maximum absolute atomic E-state index is 13.8. The highest BCUT2D eigenvalue weighted by Gasteiger charge is 2.45. The molecular formula is C17H22FNO4. The third-order valence-electron chi connectivity index (χ3n) is 4.89. The average molecular weight is 323 g/mol. The third kappa shape index (κ3) is 3.33. The van der Waals surface area contributed by atoms with Crippen molar-refractivity contribution in [2.45, 2.75) is 43.8 Å². The van der Waals surface area contributed by atoms with Crippen molar-refractivity contribution < 1.29 is 24.1 Å². The number of rotatable bonds is 1. The van der Waals surface area contributed by atoms with Crippen LogP contribution in [0.2, 0.25) is 0 Å². The molecule has 6 heteroatoms. The van der Waals surface area contributed by atoms with Crippen molar-refractivity contribution in [3.05, 3.63) is 29.6 Å². The maximum atomic E-state index is 13.8. The fraction of sp³-hybridized carbons (Fsp3) is 0.588. The Balaban J connectivity index is 1.69. The molecular weight excluding hydrogens is 301 g/mol. The van der Waals surface area contributed by atoms with Gasteiger partial charge in [0.05, 0.1) is 23.4 Å². The second-order valence-electron chi connectivity index (χ2n) is 6.91. The normalized spacial score (nSPS) is 27.2. The Labute approximate surface area is 134 Å². The summed E-state index contributed by atoms with van der Waals surface area (Å²) in [5.41, 5.74) is -1.24. The van der Waals surface area contributed by atoms with Crippen molar-refractivity contribution in [2.75, 3.05) is 19.7 Å². The number of ether oxygens (including phenoxy) is 1. The van der Waals surface area contributed by atoms with Crippen molar-refractivity contribution in [1.29, 1.82) is 0 Å². The number of benzene rings is 1. The Kier molecular flexibility index (Phi) is 4.06. The molecule has 0 radical (unpaired) electrons. The van der Waals surface area contributed by atoms with Gasteiger partial charge in [-0.05, 0) is 44.4 Å². The van der Waals surface area contributed by atoms with E-state index < -0.39 is 22.9 Å². The van der Waals surface area contributed by atoms with E-state index in [-0.39, 0.29) is 11.3 Å². The zero-order valence-corrected chi connectivity index (χ0v) is 13.2. The first-order valence-electron chi connectivity index (χ1n) is 7.94. The van der Waals surface area contributed by atoms with Crippen molar-refractivity contribution in [3.8, 4) is 5.75 Å². The van der Waals surface area contributed by atoms with Crippen LogP contribution in [-0.2, 0) is 4.74 Å². The molecule has 1 atom stereocenters. The molecule has 2 saturated heterocycles. The van der Waals surface area contributed by atoms with Crippen molar-refractivity contribution in [3.63, 3.8) is 0 Å². The molecule has 1 amide bonds. The van der Waals surface area contributed by atoms with Gasteiger partial charge in [-0.3, -0.25) is 4.79 Å². The highest BCUT2D eigenvalue weighted by atomic mass is 19.1. The lowest BCUT2D eigenvalue weighted by Crippen LogP contribution is -2.54. The van der Waals surface area contributed by atoms with Gasteiger partial charge < -0.3 is 19.8 Å². The van der Waals surface area contributed by atoms with Crippen LogP contribution in [-0.4, -0.2) is 51.9 Å². The number of carbonyl (C=O) groups is 1. The van der Waals surface area contributed by atoms with Gasteiger partial charge >= 0.3 is 0 Å². The number of aliphatic hydroxyl groups is 1. The van der Waals surface area contributed by atoms with Crippen molar-refractivity contribution in [2.24, 2.45) is 0 Å². The SMILES string of the molecule is CC1(O)CCOC2(CCN(C(=O)c3cc(O)ccc3F)CC2)C1. The van der Waals surface area contributed by atoms with E-state index >= 15 is 0 Å². The standard InChI is InChI=1S/C17H22FNO4/c1-16(22)6-9-23-17(11-16)4-7-19(8-5-17)15(21)13-10-12(20)2-3-14(13)18/h2-3,10,20,22H,4-9,11H2,1H3. The minimum Gasteiger partial charge on any atom is -0.508 e. The number of piperidine rings is 1. The third-order valence-corrected chi connectivity index (χ3v) is 4.89. The second-order valence-corrected chi connectivity index (χ2v) is 6.91. The van der Waals surface area contributed by atoms with Gasteiger partial charge in [0, 0.05) is 19.5 Å². The molecule has 1 aromatic carbocycles. The predicted molar refractivity (Wildman–Crippen MR) is 81.7 cm³/mol. The van der Waals surface area contributed by atoms with Crippen LogP contribution in [0.4, 0.5) is 4.39 Å². The minimum absolute atomic E-state index is 0.113. The fourth-order valence-electron chi connectivity index (χ4n) is 3.61. The minimum atomic E-state index is -0.734. The molecule has 0 bridgehead atoms. The number of hydrogen-bond acceptors (Lipinski definition) is 4. The summed E-state index contributed by atoms with van der Waals surface area (Å²) in [6.07, 6.45) is 2.42. The van der Waals surface area contributed by atoms with Gasteiger partial charge in [0.25, 0.3) is 5.91 Å². The van der Waals surface area contributed by atoms with Gasteiger partial charge in [0.2, 0.25) is 0 Å². The number of aromatic hydroxyl groups is 1. The summed E-state index contributed by atoms with van der Waals surface area (Å²) in [5.74, 6) is -1.18. The Morgan fingerprint density at radius 1 is 1.30 bits per heavy atom. The number of phenolic OH excluding ortho intramolecular Hbond substituents is 1. The van der Waals surface area contributed by atoms with E-state index in [1.54, 1.807) is 4.90 Å². The summed E-state index contributed by atoms with van der Waals surface area (Å²) in [7, 11) is 0. The first-order valence-corrected chi connectivity index (χ1v) is 7.94. The predicted octanol–water partition coefficient (Wildman–Crippen LogP) is 2.07. The molecule has 2 heterocycles. The van der Waals surface area contributed by atoms with Gasteiger partial charge in [0.1, 0.15) is 11.6 Å². The van der Waals surface area contributed by atoms with Crippen LogP contribution in [0.1, 0.15) is 43.0 Å². The van der Waals surface area contributed by atoms with Gasteiger partial charge in [-0.2, -0.15) is 0 Å². The van der Waals surface area contributed by atoms with Gasteiger partial charge in [-0.1, -0.05) is 0 Å². The number of carbonyl (C=O) groups excluding carboxylic acids is 1. The van der Waals surface area contributed by atoms with Crippen molar-refractivity contribution >= 4 is 5.91 Å². The Morgan fingerprint density at radius 2 is 2.00 bits per heavy atom. The van der Waals surface area contributed by atoms with E-state index in [2.05, 4.69) is 0 Å². The first kappa shape index (κ1) is 16.2. The summed E-state index contributed by atoms with van der Waals surface area (Å²) in [4.78, 5) is 14.0. The molecule has 2 aliphatic heterocycles. The van der Waals surface area contributed by atoms with Crippen LogP contribution in [0, 0.1) is 5.82 Å². The van der Waals surface area contributed by atoms with Crippen LogP contribution >= 0.6 is 0 Å². The molecule has 1 spiro atoms. The number of likely N-dealkylation sites (tertiary alicyclic amines) is 1. The average Bonchev–Trinajstić information content (AvgIpc) is 2.49. The van der Waals surface area contributed by atoms with Crippen LogP contribution < -0.4 is 0 Å². The molecule has 126 valence electrons. The first-order chi connectivity index (χ1) is 10.8. The van der Waals surface area contributed by atoms with Gasteiger partial charge in [0.15, 0.2) is 0 Å². The van der Waals surface area contributed by atoms with Crippen LogP contribution in [0.3, 0.4) is 0 Å². The van der Waals surface area contributed by atoms with Gasteiger partial charge in [-0.25, -0.2) is 4.39 Å². The monoisotopic (exact) mass is 323 g/mol. The molecule has 1 aromatic rings. The molecule has 2 fully saturated rings. The molecule has 0 saturated carbocycles. The molecule has 2 aliphatic rings. The Hall–Kier alpha value is -1.66. The molecule has 2 N–H and O–H groups in total. The summed E-state index contributed by atoms with van der Waals surface area (Å²) in [6, 6.07) is 3.47. The smallest absolute Gasteiger partial charge is 0.256 e. The number of amides is 1. The number of hydrogen-bond donors (Lipinski definition) is 2. The van der Waals surface area contributed by atoms with E-state index in [0.29, 0.717) is 45.4 Å². The highest BCUT2D eigenvalue weighted by Crippen LogP contribution is 2.39. The fourth-order valence-corrected chi connectivity index (χ4v) is 3.61. The molecule has 1 unspecified atom stereocenters. The van der Waals surface area contributed by atoms with Crippen LogP contribution in [0.25, 0.3) is 0 Å². The number of phenols is 1. The second kappa shape index (κ2) is 5.76. The highest BCUT2D eigenvalue weighted by molar-refractivity contribution is 5.95. The number of halogens is 1. The van der Waals surface area contributed by atoms with E-state index in [0.717, 1.165) is 12.1 Å². The lowest BCUT2D eigenvalue weighted by molar-refractivity contribution is -0.170. The van der Waals surface area contributed by atoms with E-state index in [4.69, 9.17) is 4.74 Å². The molecule has 5 nitrogen and oxygen atoms in total. The number of nitrogens with zero attached hydrogens (tertiary/aromatic N) is 1. The lowest BCUT2D eigenvalue weighted by Gasteiger charge is -2.48. The Bertz CT molecular complexity index is 609. The lowest BCUT2D eigenvalue weighted by atomic mass is 9.78. The summed E-state index contributed by atoms with van der Waals surface area (Å²) < 4.78 is 19.7. The molecule has 3 rings (SSSR count).